The van der Waals surface area contributed by atoms with E-state index < -0.39 is 9.84 Å². The molecule has 11 heteroatoms. The Balaban J connectivity index is 1.40. The molecule has 4 rings (SSSR count). The Morgan fingerprint density at radius 2 is 2.06 bits per heavy atom. The number of thioether (sulfide) groups is 1. The molecule has 8 nitrogen and oxygen atoms in total. The normalized spacial score (nSPS) is 20.0. The smallest absolute Gasteiger partial charge is 0.233 e. The molecule has 168 valence electrons. The number of aromatic nitrogens is 3. The fourth-order valence-corrected chi connectivity index (χ4v) is 6.61. The average Bonchev–Trinajstić information content (AvgIpc) is 3.40. The fourth-order valence-electron chi connectivity index (χ4n) is 3.78. The first-order chi connectivity index (χ1) is 14.9. The van der Waals surface area contributed by atoms with Crippen LogP contribution in [0.15, 0.2) is 29.4 Å². The maximum atomic E-state index is 12.8. The second-order valence-electron chi connectivity index (χ2n) is 7.74. The molecule has 2 heterocycles. The summed E-state index contributed by atoms with van der Waals surface area (Å²) in [5.74, 6) is 1.61. The molecule has 1 aliphatic heterocycles. The van der Waals surface area contributed by atoms with Crippen LogP contribution >= 0.6 is 23.4 Å². The van der Waals surface area contributed by atoms with Gasteiger partial charge in [-0.3, -0.25) is 9.36 Å². The van der Waals surface area contributed by atoms with Crippen LogP contribution in [0.3, 0.4) is 0 Å². The highest BCUT2D eigenvalue weighted by Gasteiger charge is 2.34. The van der Waals surface area contributed by atoms with Gasteiger partial charge in [0.15, 0.2) is 20.8 Å². The van der Waals surface area contributed by atoms with Crippen molar-refractivity contribution in [2.45, 2.75) is 50.0 Å². The van der Waals surface area contributed by atoms with Gasteiger partial charge in [0.05, 0.1) is 22.3 Å². The highest BCUT2D eigenvalue weighted by Crippen LogP contribution is 2.39. The first-order valence-corrected chi connectivity index (χ1v) is 13.5. The minimum Gasteiger partial charge on any atom is -0.484 e. The van der Waals surface area contributed by atoms with E-state index in [4.69, 9.17) is 16.3 Å². The summed E-state index contributed by atoms with van der Waals surface area (Å²) in [4.78, 5) is 14.5. The van der Waals surface area contributed by atoms with E-state index in [-0.39, 0.29) is 35.8 Å². The molecule has 0 N–H and O–H groups in total. The SMILES string of the molecule is CCN(C(=O)CSc1nnc(COc2ccccc2Cl)n1C1CC1)C1CCS(=O)(=O)C1. The van der Waals surface area contributed by atoms with Crippen LogP contribution in [0.1, 0.15) is 38.1 Å². The number of rotatable bonds is 9. The summed E-state index contributed by atoms with van der Waals surface area (Å²) in [6, 6.07) is 7.36. The van der Waals surface area contributed by atoms with Crippen molar-refractivity contribution in [3.63, 3.8) is 0 Å². The van der Waals surface area contributed by atoms with E-state index in [9.17, 15) is 13.2 Å². The number of carbonyl (C=O) groups excluding carboxylic acids is 1. The lowest BCUT2D eigenvalue weighted by atomic mass is 10.2. The molecule has 1 saturated carbocycles. The lowest BCUT2D eigenvalue weighted by molar-refractivity contribution is -0.129. The number of nitrogens with zero attached hydrogens (tertiary/aromatic N) is 4. The summed E-state index contributed by atoms with van der Waals surface area (Å²) in [5.41, 5.74) is 0. The second-order valence-corrected chi connectivity index (χ2v) is 11.3. The molecule has 1 aromatic heterocycles. The lowest BCUT2D eigenvalue weighted by Gasteiger charge is -2.26. The van der Waals surface area contributed by atoms with E-state index in [2.05, 4.69) is 10.2 Å². The highest BCUT2D eigenvalue weighted by atomic mass is 35.5. The maximum Gasteiger partial charge on any atom is 0.233 e. The minimum atomic E-state index is -3.04. The first-order valence-electron chi connectivity index (χ1n) is 10.3. The zero-order valence-electron chi connectivity index (χ0n) is 17.2. The molecule has 1 atom stereocenters. The number of carbonyl (C=O) groups is 1. The van der Waals surface area contributed by atoms with Crippen LogP contribution < -0.4 is 4.74 Å². The number of para-hydroxylation sites is 1. The number of hydrogen-bond acceptors (Lipinski definition) is 7. The topological polar surface area (TPSA) is 94.4 Å². The molecule has 0 bridgehead atoms. The predicted octanol–water partition coefficient (Wildman–Crippen LogP) is 2.97. The zero-order valence-corrected chi connectivity index (χ0v) is 19.6. The molecule has 1 aliphatic carbocycles. The Bertz CT molecular complexity index is 1060. The zero-order chi connectivity index (χ0) is 22.0. The Morgan fingerprint density at radius 3 is 2.71 bits per heavy atom. The summed E-state index contributed by atoms with van der Waals surface area (Å²) in [6.07, 6.45) is 2.59. The van der Waals surface area contributed by atoms with E-state index in [1.54, 1.807) is 17.0 Å². The Labute approximate surface area is 191 Å². The van der Waals surface area contributed by atoms with Gasteiger partial charge in [0.2, 0.25) is 5.91 Å². The molecular weight excluding hydrogens is 460 g/mol. The molecule has 0 radical (unpaired) electrons. The minimum absolute atomic E-state index is 0.0546. The molecule has 31 heavy (non-hydrogen) atoms. The Morgan fingerprint density at radius 1 is 1.29 bits per heavy atom. The third-order valence-corrected chi connectivity index (χ3v) is 8.47. The van der Waals surface area contributed by atoms with Crippen molar-refractivity contribution in [2.75, 3.05) is 23.8 Å². The van der Waals surface area contributed by atoms with Crippen LogP contribution in [0.5, 0.6) is 5.75 Å². The molecule has 1 amide bonds. The van der Waals surface area contributed by atoms with Gasteiger partial charge in [0.25, 0.3) is 0 Å². The van der Waals surface area contributed by atoms with Crippen molar-refractivity contribution in [3.05, 3.63) is 35.1 Å². The Hall–Kier alpha value is -1.78. The van der Waals surface area contributed by atoms with Gasteiger partial charge in [-0.1, -0.05) is 35.5 Å². The summed E-state index contributed by atoms with van der Waals surface area (Å²) in [5, 5.41) is 9.79. The van der Waals surface area contributed by atoms with E-state index in [0.717, 1.165) is 12.8 Å². The standard InChI is InChI=1S/C20H25ClN4O4S2/c1-2-24(15-9-10-31(27,28)13-15)19(26)12-30-20-23-22-18(25(20)14-7-8-14)11-29-17-6-4-3-5-16(17)21/h3-6,14-15H,2,7-13H2,1H3. The summed E-state index contributed by atoms with van der Waals surface area (Å²) in [6.45, 7) is 2.61. The Kier molecular flexibility index (Phi) is 6.78. The number of benzene rings is 1. The third kappa shape index (κ3) is 5.35. The fraction of sp³-hybridized carbons (Fsp3) is 0.550. The van der Waals surface area contributed by atoms with Crippen molar-refractivity contribution in [2.24, 2.45) is 0 Å². The van der Waals surface area contributed by atoms with Gasteiger partial charge in [-0.05, 0) is 38.3 Å². The second kappa shape index (κ2) is 9.38. The van der Waals surface area contributed by atoms with Crippen LogP contribution in [0, 0.1) is 0 Å². The highest BCUT2D eigenvalue weighted by molar-refractivity contribution is 7.99. The van der Waals surface area contributed by atoms with Gasteiger partial charge in [0.1, 0.15) is 12.4 Å². The third-order valence-electron chi connectivity index (χ3n) is 5.48. The van der Waals surface area contributed by atoms with E-state index in [1.807, 2.05) is 23.6 Å². The molecular formula is C20H25ClN4O4S2. The van der Waals surface area contributed by atoms with Gasteiger partial charge < -0.3 is 9.64 Å². The van der Waals surface area contributed by atoms with Gasteiger partial charge in [-0.2, -0.15) is 0 Å². The average molecular weight is 485 g/mol. The molecule has 0 spiro atoms. The largest absolute Gasteiger partial charge is 0.484 e. The van der Waals surface area contributed by atoms with E-state index >= 15 is 0 Å². The number of ether oxygens (including phenoxy) is 1. The van der Waals surface area contributed by atoms with Gasteiger partial charge in [-0.15, -0.1) is 10.2 Å². The van der Waals surface area contributed by atoms with Crippen LogP contribution in [-0.2, 0) is 21.2 Å². The van der Waals surface area contributed by atoms with Crippen LogP contribution in [0.2, 0.25) is 5.02 Å². The van der Waals surface area contributed by atoms with Crippen molar-refractivity contribution < 1.29 is 17.9 Å². The molecule has 2 fully saturated rings. The van der Waals surface area contributed by atoms with Crippen molar-refractivity contribution >= 4 is 39.1 Å². The van der Waals surface area contributed by atoms with Gasteiger partial charge in [0, 0.05) is 18.6 Å². The molecule has 2 aliphatic rings. The van der Waals surface area contributed by atoms with Gasteiger partial charge in [-0.25, -0.2) is 8.42 Å². The van der Waals surface area contributed by atoms with E-state index in [1.165, 1.54) is 11.8 Å². The van der Waals surface area contributed by atoms with Crippen LogP contribution in [0.4, 0.5) is 0 Å². The van der Waals surface area contributed by atoms with Crippen molar-refractivity contribution in [3.8, 4) is 5.75 Å². The maximum absolute atomic E-state index is 12.8. The van der Waals surface area contributed by atoms with E-state index in [0.29, 0.717) is 40.8 Å². The van der Waals surface area contributed by atoms with Crippen molar-refractivity contribution in [1.82, 2.24) is 19.7 Å². The lowest BCUT2D eigenvalue weighted by Crippen LogP contribution is -2.42. The molecule has 1 unspecified atom stereocenters. The monoisotopic (exact) mass is 484 g/mol. The summed E-state index contributed by atoms with van der Waals surface area (Å²) in [7, 11) is -3.04. The van der Waals surface area contributed by atoms with Crippen LogP contribution in [-0.4, -0.2) is 63.8 Å². The first kappa shape index (κ1) is 22.4. The molecule has 1 aromatic carbocycles. The molecule has 2 aromatic rings. The van der Waals surface area contributed by atoms with Crippen LogP contribution in [0.25, 0.3) is 0 Å². The number of sulfone groups is 1. The number of hydrogen-bond donors (Lipinski definition) is 0. The quantitative estimate of drug-likeness (QED) is 0.505. The molecule has 1 saturated heterocycles. The number of halogens is 1. The predicted molar refractivity (Wildman–Crippen MR) is 119 cm³/mol. The summed E-state index contributed by atoms with van der Waals surface area (Å²) >= 11 is 7.50. The number of amides is 1. The summed E-state index contributed by atoms with van der Waals surface area (Å²) < 4.78 is 31.5. The van der Waals surface area contributed by atoms with Crippen molar-refractivity contribution in [1.29, 1.82) is 0 Å². The van der Waals surface area contributed by atoms with Gasteiger partial charge >= 0.3 is 0 Å².